The van der Waals surface area contributed by atoms with E-state index in [1.165, 1.54) is 0 Å². The second-order valence-corrected chi connectivity index (χ2v) is 4.97. The van der Waals surface area contributed by atoms with E-state index < -0.39 is 6.09 Å². The van der Waals surface area contributed by atoms with E-state index in [0.717, 1.165) is 29.7 Å². The van der Waals surface area contributed by atoms with Crippen LogP contribution in [0.2, 0.25) is 5.28 Å². The number of carbonyl (C=O) groups is 1. The van der Waals surface area contributed by atoms with E-state index >= 15 is 0 Å². The van der Waals surface area contributed by atoms with Crippen molar-refractivity contribution in [3.63, 3.8) is 0 Å². The molecule has 2 heterocycles. The lowest BCUT2D eigenvalue weighted by Crippen LogP contribution is -2.27. The Morgan fingerprint density at radius 3 is 3.00 bits per heavy atom. The number of para-hydroxylation sites is 1. The number of anilines is 1. The maximum Gasteiger partial charge on any atom is 0.404 e. The zero-order valence-electron chi connectivity index (χ0n) is 10.6. The molecule has 0 saturated carbocycles. The van der Waals surface area contributed by atoms with E-state index in [1.54, 1.807) is 0 Å². The van der Waals surface area contributed by atoms with Crippen LogP contribution in [0.3, 0.4) is 0 Å². The molecule has 1 aromatic heterocycles. The number of hydrogen-bond acceptors (Lipinski definition) is 5. The van der Waals surface area contributed by atoms with E-state index in [2.05, 4.69) is 9.97 Å². The van der Waals surface area contributed by atoms with Crippen LogP contribution in [-0.2, 0) is 4.74 Å². The quantitative estimate of drug-likeness (QED) is 0.856. The summed E-state index contributed by atoms with van der Waals surface area (Å²) in [6, 6.07) is 7.66. The number of primary amides is 1. The normalized spacial score (nSPS) is 18.4. The van der Waals surface area contributed by atoms with Crippen molar-refractivity contribution in [2.45, 2.75) is 12.5 Å². The van der Waals surface area contributed by atoms with Gasteiger partial charge in [-0.05, 0) is 23.7 Å². The molecule has 2 N–H and O–H groups in total. The van der Waals surface area contributed by atoms with Crippen molar-refractivity contribution in [1.29, 1.82) is 0 Å². The van der Waals surface area contributed by atoms with Crippen molar-refractivity contribution >= 4 is 34.4 Å². The Labute approximate surface area is 120 Å². The van der Waals surface area contributed by atoms with Gasteiger partial charge in [-0.2, -0.15) is 4.98 Å². The number of nitrogens with zero attached hydrogens (tertiary/aromatic N) is 3. The molecule has 7 heteroatoms. The molecule has 1 atom stereocenters. The molecule has 104 valence electrons. The molecule has 3 rings (SSSR count). The van der Waals surface area contributed by atoms with Gasteiger partial charge >= 0.3 is 6.09 Å². The van der Waals surface area contributed by atoms with Crippen LogP contribution in [0.1, 0.15) is 6.42 Å². The van der Waals surface area contributed by atoms with E-state index in [1.807, 2.05) is 29.2 Å². The molecule has 1 amide bonds. The van der Waals surface area contributed by atoms with Crippen LogP contribution in [0.4, 0.5) is 10.6 Å². The molecule has 1 saturated heterocycles. The van der Waals surface area contributed by atoms with Gasteiger partial charge in [-0.15, -0.1) is 0 Å². The van der Waals surface area contributed by atoms with Crippen molar-refractivity contribution in [3.05, 3.63) is 29.5 Å². The van der Waals surface area contributed by atoms with Crippen LogP contribution in [0, 0.1) is 0 Å². The predicted molar refractivity (Wildman–Crippen MR) is 75.8 cm³/mol. The molecule has 2 aromatic rings. The molecule has 0 aliphatic carbocycles. The van der Waals surface area contributed by atoms with E-state index in [0.29, 0.717) is 6.54 Å². The Kier molecular flexibility index (Phi) is 3.31. The first kappa shape index (κ1) is 12.9. The van der Waals surface area contributed by atoms with Crippen LogP contribution in [0.15, 0.2) is 24.3 Å². The average molecular weight is 293 g/mol. The van der Waals surface area contributed by atoms with Crippen LogP contribution >= 0.6 is 11.6 Å². The van der Waals surface area contributed by atoms with Gasteiger partial charge < -0.3 is 15.4 Å². The predicted octanol–water partition coefficient (Wildman–Crippen LogP) is 1.96. The Bertz CT molecular complexity index is 664. The number of halogens is 1. The van der Waals surface area contributed by atoms with Gasteiger partial charge in [0.05, 0.1) is 12.1 Å². The van der Waals surface area contributed by atoms with Crippen molar-refractivity contribution in [2.75, 3.05) is 18.0 Å². The SMILES string of the molecule is NC(=O)OC1CCN(c2nc(Cl)nc3ccccc23)C1. The number of carbonyl (C=O) groups excluding carboxylic acids is 1. The zero-order chi connectivity index (χ0) is 14.1. The minimum atomic E-state index is -0.748. The number of benzene rings is 1. The summed E-state index contributed by atoms with van der Waals surface area (Å²) in [7, 11) is 0. The van der Waals surface area contributed by atoms with E-state index in [-0.39, 0.29) is 11.4 Å². The van der Waals surface area contributed by atoms with Crippen LogP contribution in [0.25, 0.3) is 10.9 Å². The summed E-state index contributed by atoms with van der Waals surface area (Å²) in [5.41, 5.74) is 5.84. The third-order valence-corrected chi connectivity index (χ3v) is 3.45. The van der Waals surface area contributed by atoms with Gasteiger partial charge in [0.25, 0.3) is 0 Å². The average Bonchev–Trinajstić information content (AvgIpc) is 2.85. The van der Waals surface area contributed by atoms with Crippen molar-refractivity contribution in [1.82, 2.24) is 9.97 Å². The third kappa shape index (κ3) is 2.46. The molecule has 20 heavy (non-hydrogen) atoms. The maximum atomic E-state index is 10.8. The standard InChI is InChI=1S/C13H13ClN4O2/c14-12-16-10-4-2-1-3-9(10)11(17-12)18-6-5-8(7-18)20-13(15)19/h1-4,8H,5-7H2,(H2,15,19). The Morgan fingerprint density at radius 2 is 2.20 bits per heavy atom. The van der Waals surface area contributed by atoms with Gasteiger partial charge in [-0.3, -0.25) is 0 Å². The smallest absolute Gasteiger partial charge is 0.404 e. The number of amides is 1. The van der Waals surface area contributed by atoms with Gasteiger partial charge in [0.15, 0.2) is 0 Å². The lowest BCUT2D eigenvalue weighted by Gasteiger charge is -2.19. The zero-order valence-corrected chi connectivity index (χ0v) is 11.4. The highest BCUT2D eigenvalue weighted by Crippen LogP contribution is 2.28. The first-order valence-corrected chi connectivity index (χ1v) is 6.64. The maximum absolute atomic E-state index is 10.8. The first-order valence-electron chi connectivity index (χ1n) is 6.27. The summed E-state index contributed by atoms with van der Waals surface area (Å²) < 4.78 is 5.03. The van der Waals surface area contributed by atoms with E-state index in [9.17, 15) is 4.79 Å². The van der Waals surface area contributed by atoms with Crippen molar-refractivity contribution in [3.8, 4) is 0 Å². The molecule has 0 radical (unpaired) electrons. The van der Waals surface area contributed by atoms with Crippen LogP contribution < -0.4 is 10.6 Å². The fourth-order valence-electron chi connectivity index (χ4n) is 2.45. The second kappa shape index (κ2) is 5.13. The minimum absolute atomic E-state index is 0.206. The summed E-state index contributed by atoms with van der Waals surface area (Å²) in [4.78, 5) is 21.3. The first-order chi connectivity index (χ1) is 9.63. The monoisotopic (exact) mass is 292 g/mol. The lowest BCUT2D eigenvalue weighted by molar-refractivity contribution is 0.117. The number of fused-ring (bicyclic) bond motifs is 1. The summed E-state index contributed by atoms with van der Waals surface area (Å²) in [5.74, 6) is 0.760. The molecule has 0 bridgehead atoms. The van der Waals surface area contributed by atoms with Gasteiger partial charge in [-0.25, -0.2) is 9.78 Å². The molecule has 6 nitrogen and oxygen atoms in total. The summed E-state index contributed by atoms with van der Waals surface area (Å²) in [6.45, 7) is 1.29. The molecule has 1 fully saturated rings. The molecule has 1 aromatic carbocycles. The minimum Gasteiger partial charge on any atom is -0.444 e. The van der Waals surface area contributed by atoms with Crippen LogP contribution in [-0.4, -0.2) is 35.3 Å². The molecule has 1 unspecified atom stereocenters. The highest BCUT2D eigenvalue weighted by atomic mass is 35.5. The number of aromatic nitrogens is 2. The van der Waals surface area contributed by atoms with Gasteiger partial charge in [0.1, 0.15) is 11.9 Å². The van der Waals surface area contributed by atoms with E-state index in [4.69, 9.17) is 22.1 Å². The van der Waals surface area contributed by atoms with Crippen LogP contribution in [0.5, 0.6) is 0 Å². The number of hydrogen-bond donors (Lipinski definition) is 1. The third-order valence-electron chi connectivity index (χ3n) is 3.28. The highest BCUT2D eigenvalue weighted by Gasteiger charge is 2.27. The summed E-state index contributed by atoms with van der Waals surface area (Å²) >= 11 is 5.97. The van der Waals surface area contributed by atoms with Crippen molar-refractivity contribution in [2.24, 2.45) is 5.73 Å². The number of rotatable bonds is 2. The topological polar surface area (TPSA) is 81.3 Å². The molecular formula is C13H13ClN4O2. The number of nitrogens with two attached hydrogens (primary N) is 1. The molecule has 0 spiro atoms. The fraction of sp³-hybridized carbons (Fsp3) is 0.308. The Hall–Kier alpha value is -2.08. The Balaban J connectivity index is 1.93. The molecule has 1 aliphatic heterocycles. The van der Waals surface area contributed by atoms with Crippen molar-refractivity contribution < 1.29 is 9.53 Å². The number of ether oxygens (including phenoxy) is 1. The summed E-state index contributed by atoms with van der Waals surface area (Å²) in [6.07, 6.45) is -0.235. The second-order valence-electron chi connectivity index (χ2n) is 4.63. The van der Waals surface area contributed by atoms with Gasteiger partial charge in [-0.1, -0.05) is 12.1 Å². The van der Waals surface area contributed by atoms with Gasteiger partial charge in [0, 0.05) is 18.4 Å². The Morgan fingerprint density at radius 1 is 1.40 bits per heavy atom. The fourth-order valence-corrected chi connectivity index (χ4v) is 2.63. The molecule has 1 aliphatic rings. The highest BCUT2D eigenvalue weighted by molar-refractivity contribution is 6.28. The summed E-state index contributed by atoms with van der Waals surface area (Å²) in [5, 5.41) is 1.13. The lowest BCUT2D eigenvalue weighted by atomic mass is 10.2. The van der Waals surface area contributed by atoms with Gasteiger partial charge in [0.2, 0.25) is 5.28 Å². The molecular weight excluding hydrogens is 280 g/mol. The largest absolute Gasteiger partial charge is 0.444 e.